The minimum absolute atomic E-state index is 0.100. The van der Waals surface area contributed by atoms with E-state index in [9.17, 15) is 4.79 Å². The van der Waals surface area contributed by atoms with Crippen LogP contribution in [0.1, 0.15) is 30.4 Å². The van der Waals surface area contributed by atoms with Gasteiger partial charge in [-0.25, -0.2) is 0 Å². The molecule has 1 amide bonds. The Balaban J connectivity index is 1.66. The highest BCUT2D eigenvalue weighted by Gasteiger charge is 2.39. The Morgan fingerprint density at radius 2 is 1.89 bits per heavy atom. The third-order valence-corrected chi connectivity index (χ3v) is 4.89. The molecule has 1 aromatic rings. The Morgan fingerprint density at radius 1 is 1.28 bits per heavy atom. The summed E-state index contributed by atoms with van der Waals surface area (Å²) >= 11 is 5.99. The highest BCUT2D eigenvalue weighted by Crippen LogP contribution is 2.34. The van der Waals surface area contributed by atoms with Crippen LogP contribution in [0.3, 0.4) is 0 Å². The average molecular weight is 264 g/mol. The quantitative estimate of drug-likeness (QED) is 0.835. The SMILES string of the molecule is O=C(NC1(CCl)CCC1)C1Cc2ccccc2C1. The van der Waals surface area contributed by atoms with Crippen molar-refractivity contribution in [3.63, 3.8) is 0 Å². The first-order valence-electron chi connectivity index (χ1n) is 6.67. The predicted molar refractivity (Wildman–Crippen MR) is 72.8 cm³/mol. The fourth-order valence-electron chi connectivity index (χ4n) is 3.00. The summed E-state index contributed by atoms with van der Waals surface area (Å²) in [5.74, 6) is 0.827. The molecule has 1 N–H and O–H groups in total. The van der Waals surface area contributed by atoms with Gasteiger partial charge in [0.2, 0.25) is 5.91 Å². The van der Waals surface area contributed by atoms with Crippen LogP contribution >= 0.6 is 11.6 Å². The highest BCUT2D eigenvalue weighted by molar-refractivity contribution is 6.18. The number of carbonyl (C=O) groups excluding carboxylic acids is 1. The standard InChI is InChI=1S/C15H18ClNO/c16-10-15(6-3-7-15)17-14(18)13-8-11-4-1-2-5-12(11)9-13/h1-2,4-5,13H,3,6-10H2,(H,17,18). The first kappa shape index (κ1) is 12.0. The van der Waals surface area contributed by atoms with Gasteiger partial charge in [0, 0.05) is 11.8 Å². The van der Waals surface area contributed by atoms with Gasteiger partial charge in [0.05, 0.1) is 5.54 Å². The largest absolute Gasteiger partial charge is 0.349 e. The van der Waals surface area contributed by atoms with E-state index in [1.54, 1.807) is 0 Å². The Morgan fingerprint density at radius 3 is 2.33 bits per heavy atom. The van der Waals surface area contributed by atoms with E-state index in [1.165, 1.54) is 17.5 Å². The zero-order chi connectivity index (χ0) is 12.6. The van der Waals surface area contributed by atoms with Crippen molar-refractivity contribution in [1.29, 1.82) is 0 Å². The van der Waals surface area contributed by atoms with Crippen molar-refractivity contribution in [1.82, 2.24) is 5.32 Å². The van der Waals surface area contributed by atoms with Crippen molar-refractivity contribution in [3.05, 3.63) is 35.4 Å². The summed E-state index contributed by atoms with van der Waals surface area (Å²) < 4.78 is 0. The van der Waals surface area contributed by atoms with Crippen molar-refractivity contribution in [2.45, 2.75) is 37.6 Å². The number of hydrogen-bond acceptors (Lipinski definition) is 1. The molecule has 0 radical (unpaired) electrons. The van der Waals surface area contributed by atoms with E-state index in [0.717, 1.165) is 25.7 Å². The van der Waals surface area contributed by atoms with Crippen LogP contribution in [0.15, 0.2) is 24.3 Å². The fourth-order valence-corrected chi connectivity index (χ4v) is 3.34. The molecule has 0 unspecified atom stereocenters. The van der Waals surface area contributed by atoms with Gasteiger partial charge in [0.15, 0.2) is 0 Å². The molecule has 1 saturated carbocycles. The minimum atomic E-state index is -0.104. The third kappa shape index (κ3) is 2.03. The number of fused-ring (bicyclic) bond motifs is 1. The Hall–Kier alpha value is -1.02. The lowest BCUT2D eigenvalue weighted by molar-refractivity contribution is -0.127. The number of benzene rings is 1. The fraction of sp³-hybridized carbons (Fsp3) is 0.533. The van der Waals surface area contributed by atoms with Gasteiger partial charge in [-0.05, 0) is 43.2 Å². The summed E-state index contributed by atoms with van der Waals surface area (Å²) in [6.45, 7) is 0. The summed E-state index contributed by atoms with van der Waals surface area (Å²) in [6, 6.07) is 8.35. The second-order valence-corrected chi connectivity index (χ2v) is 5.90. The zero-order valence-electron chi connectivity index (χ0n) is 10.4. The Bertz CT molecular complexity index is 437. The maximum atomic E-state index is 12.3. The second kappa shape index (κ2) is 4.58. The van der Waals surface area contributed by atoms with Crippen LogP contribution in [0.2, 0.25) is 0 Å². The third-order valence-electron chi connectivity index (χ3n) is 4.38. The molecule has 0 spiro atoms. The molecule has 2 aliphatic rings. The monoisotopic (exact) mass is 263 g/mol. The molecule has 0 aromatic heterocycles. The molecule has 0 atom stereocenters. The van der Waals surface area contributed by atoms with Gasteiger partial charge < -0.3 is 5.32 Å². The number of nitrogens with one attached hydrogen (secondary N) is 1. The van der Waals surface area contributed by atoms with E-state index in [-0.39, 0.29) is 17.4 Å². The van der Waals surface area contributed by atoms with Crippen molar-refractivity contribution in [2.24, 2.45) is 5.92 Å². The predicted octanol–water partition coefficient (Wildman–Crippen LogP) is 2.68. The molecule has 18 heavy (non-hydrogen) atoms. The van der Waals surface area contributed by atoms with Gasteiger partial charge in [-0.1, -0.05) is 24.3 Å². The second-order valence-electron chi connectivity index (χ2n) is 5.63. The zero-order valence-corrected chi connectivity index (χ0v) is 11.2. The van der Waals surface area contributed by atoms with Crippen LogP contribution in [-0.4, -0.2) is 17.3 Å². The van der Waals surface area contributed by atoms with Crippen LogP contribution in [0.25, 0.3) is 0 Å². The topological polar surface area (TPSA) is 29.1 Å². The van der Waals surface area contributed by atoms with Crippen LogP contribution < -0.4 is 5.32 Å². The molecular weight excluding hydrogens is 246 g/mol. The molecule has 3 rings (SSSR count). The summed E-state index contributed by atoms with van der Waals surface area (Å²) in [5, 5.41) is 3.19. The molecule has 0 bridgehead atoms. The summed E-state index contributed by atoms with van der Waals surface area (Å²) in [5.41, 5.74) is 2.55. The van der Waals surface area contributed by atoms with Crippen LogP contribution in [0.5, 0.6) is 0 Å². The lowest BCUT2D eigenvalue weighted by Gasteiger charge is -2.41. The van der Waals surface area contributed by atoms with E-state index in [2.05, 4.69) is 17.4 Å². The smallest absolute Gasteiger partial charge is 0.224 e. The van der Waals surface area contributed by atoms with Gasteiger partial charge in [-0.3, -0.25) is 4.79 Å². The lowest BCUT2D eigenvalue weighted by atomic mass is 9.78. The number of alkyl halides is 1. The van der Waals surface area contributed by atoms with Crippen LogP contribution in [-0.2, 0) is 17.6 Å². The Kier molecular flexibility index (Phi) is 3.06. The van der Waals surface area contributed by atoms with E-state index >= 15 is 0 Å². The first-order chi connectivity index (χ1) is 8.72. The van der Waals surface area contributed by atoms with Gasteiger partial charge in [0.1, 0.15) is 0 Å². The van der Waals surface area contributed by atoms with E-state index in [4.69, 9.17) is 11.6 Å². The molecule has 0 aliphatic heterocycles. The van der Waals surface area contributed by atoms with Crippen LogP contribution in [0.4, 0.5) is 0 Å². The van der Waals surface area contributed by atoms with E-state index in [0.29, 0.717) is 5.88 Å². The molecule has 96 valence electrons. The number of halogens is 1. The Labute approximate surface area is 113 Å². The number of hydrogen-bond donors (Lipinski definition) is 1. The summed E-state index contributed by atoms with van der Waals surface area (Å²) in [7, 11) is 0. The highest BCUT2D eigenvalue weighted by atomic mass is 35.5. The van der Waals surface area contributed by atoms with Gasteiger partial charge in [0.25, 0.3) is 0 Å². The van der Waals surface area contributed by atoms with E-state index in [1.807, 2.05) is 12.1 Å². The molecule has 3 heteroatoms. The van der Waals surface area contributed by atoms with Crippen molar-refractivity contribution < 1.29 is 4.79 Å². The summed E-state index contributed by atoms with van der Waals surface area (Å²) in [4.78, 5) is 12.3. The van der Waals surface area contributed by atoms with Crippen LogP contribution in [0, 0.1) is 5.92 Å². The van der Waals surface area contributed by atoms with E-state index < -0.39 is 0 Å². The molecule has 0 saturated heterocycles. The first-order valence-corrected chi connectivity index (χ1v) is 7.21. The normalized spacial score (nSPS) is 21.2. The molecular formula is C15H18ClNO. The molecule has 1 aromatic carbocycles. The van der Waals surface area contributed by atoms with Gasteiger partial charge in [-0.15, -0.1) is 11.6 Å². The molecule has 0 heterocycles. The van der Waals surface area contributed by atoms with Crippen molar-refractivity contribution in [2.75, 3.05) is 5.88 Å². The summed E-state index contributed by atoms with van der Waals surface area (Å²) in [6.07, 6.45) is 4.99. The van der Waals surface area contributed by atoms with Crippen molar-refractivity contribution in [3.8, 4) is 0 Å². The number of carbonyl (C=O) groups is 1. The number of amides is 1. The average Bonchev–Trinajstić information content (AvgIpc) is 2.77. The van der Waals surface area contributed by atoms with Gasteiger partial charge in [-0.2, -0.15) is 0 Å². The number of rotatable bonds is 3. The maximum Gasteiger partial charge on any atom is 0.224 e. The molecule has 1 fully saturated rings. The minimum Gasteiger partial charge on any atom is -0.349 e. The molecule has 2 aliphatic carbocycles. The maximum absolute atomic E-state index is 12.3. The lowest BCUT2D eigenvalue weighted by Crippen LogP contribution is -2.56. The van der Waals surface area contributed by atoms with Gasteiger partial charge >= 0.3 is 0 Å². The van der Waals surface area contributed by atoms with Crippen molar-refractivity contribution >= 4 is 17.5 Å². The molecule has 2 nitrogen and oxygen atoms in total.